The molecule has 0 saturated heterocycles. The number of rotatable bonds is 33. The number of esters is 1. The molecule has 0 fully saturated rings. The third kappa shape index (κ3) is 34.7. The first-order chi connectivity index (χ1) is 21.2. The van der Waals surface area contributed by atoms with Crippen LogP contribution in [0, 0.1) is 0 Å². The van der Waals surface area contributed by atoms with Gasteiger partial charge < -0.3 is 4.74 Å². The zero-order valence-electron chi connectivity index (χ0n) is 29.2. The largest absolute Gasteiger partial charge is 0.465 e. The van der Waals surface area contributed by atoms with E-state index in [9.17, 15) is 4.79 Å². The molecule has 0 N–H and O–H groups in total. The Balaban J connectivity index is 3.81. The van der Waals surface area contributed by atoms with Crippen molar-refractivity contribution in [1.82, 2.24) is 4.90 Å². The van der Waals surface area contributed by atoms with Gasteiger partial charge in [0, 0.05) is 0 Å². The predicted molar refractivity (Wildman–Crippen MR) is 192 cm³/mol. The Bertz CT molecular complexity index is 630. The number of unbranched alkanes of at least 4 members (excludes halogenated alkanes) is 18. The lowest BCUT2D eigenvalue weighted by molar-refractivity contribution is -0.144. The highest BCUT2D eigenvalue weighted by molar-refractivity contribution is 5.71. The molecule has 0 amide bonds. The summed E-state index contributed by atoms with van der Waals surface area (Å²) in [4.78, 5) is 14.5. The van der Waals surface area contributed by atoms with Gasteiger partial charge in [-0.1, -0.05) is 140 Å². The molecule has 0 rings (SSSR count). The second-order valence-corrected chi connectivity index (χ2v) is 12.2. The zero-order chi connectivity index (χ0) is 31.3. The van der Waals surface area contributed by atoms with Crippen molar-refractivity contribution in [3.05, 3.63) is 48.6 Å². The molecular formula is C40H73NO2. The number of hydrogen-bond donors (Lipinski definition) is 0. The fourth-order valence-corrected chi connectivity index (χ4v) is 5.31. The van der Waals surface area contributed by atoms with Crippen LogP contribution in [0.5, 0.6) is 0 Å². The first kappa shape index (κ1) is 41.4. The maximum absolute atomic E-state index is 12.1. The van der Waals surface area contributed by atoms with Crippen LogP contribution in [0.25, 0.3) is 0 Å². The summed E-state index contributed by atoms with van der Waals surface area (Å²) in [7, 11) is 0. The van der Waals surface area contributed by atoms with Gasteiger partial charge in [0.15, 0.2) is 0 Å². The Morgan fingerprint density at radius 2 is 0.814 bits per heavy atom. The number of nitrogens with zero attached hydrogens (tertiary/aromatic N) is 1. The van der Waals surface area contributed by atoms with E-state index in [0.717, 1.165) is 25.9 Å². The van der Waals surface area contributed by atoms with Gasteiger partial charge in [-0.05, 0) is 97.1 Å². The van der Waals surface area contributed by atoms with Gasteiger partial charge in [0.2, 0.25) is 0 Å². The van der Waals surface area contributed by atoms with Crippen molar-refractivity contribution in [3.8, 4) is 0 Å². The number of carbonyl (C=O) groups is 1. The number of carbonyl (C=O) groups excluding carboxylic acids is 1. The molecule has 3 nitrogen and oxygen atoms in total. The molecule has 0 saturated carbocycles. The molecule has 0 radical (unpaired) electrons. The van der Waals surface area contributed by atoms with E-state index in [1.165, 1.54) is 141 Å². The Kier molecular flexibility index (Phi) is 35.2. The normalized spacial score (nSPS) is 12.3. The van der Waals surface area contributed by atoms with Gasteiger partial charge in [-0.25, -0.2) is 0 Å². The lowest BCUT2D eigenvalue weighted by atomic mass is 10.1. The lowest BCUT2D eigenvalue weighted by Gasteiger charge is -2.21. The molecule has 0 aromatic heterocycles. The average Bonchev–Trinajstić information content (AvgIpc) is 3.00. The zero-order valence-corrected chi connectivity index (χ0v) is 29.2. The monoisotopic (exact) mass is 600 g/mol. The van der Waals surface area contributed by atoms with Crippen LogP contribution < -0.4 is 0 Å². The summed E-state index contributed by atoms with van der Waals surface area (Å²) < 4.78 is 5.24. The van der Waals surface area contributed by atoms with Crippen LogP contribution in [-0.2, 0) is 9.53 Å². The van der Waals surface area contributed by atoms with Crippen LogP contribution in [0.4, 0.5) is 0 Å². The van der Waals surface area contributed by atoms with Crippen LogP contribution >= 0.6 is 0 Å². The summed E-state index contributed by atoms with van der Waals surface area (Å²) in [5, 5.41) is 0. The van der Waals surface area contributed by atoms with Gasteiger partial charge in [0.1, 0.15) is 0 Å². The molecule has 0 spiro atoms. The Morgan fingerprint density at radius 3 is 1.19 bits per heavy atom. The maximum Gasteiger partial charge on any atom is 0.320 e. The van der Waals surface area contributed by atoms with Crippen molar-refractivity contribution in [2.75, 3.05) is 26.2 Å². The topological polar surface area (TPSA) is 29.5 Å². The molecule has 250 valence electrons. The quantitative estimate of drug-likeness (QED) is 0.0427. The Morgan fingerprint density at radius 1 is 0.465 bits per heavy atom. The van der Waals surface area contributed by atoms with Gasteiger partial charge in [-0.15, -0.1) is 0 Å². The fourth-order valence-electron chi connectivity index (χ4n) is 5.31. The van der Waals surface area contributed by atoms with Gasteiger partial charge in [0.05, 0.1) is 13.2 Å². The summed E-state index contributed by atoms with van der Waals surface area (Å²) in [5.41, 5.74) is 0. The number of ether oxygens (including phenoxy) is 1. The van der Waals surface area contributed by atoms with Crippen LogP contribution in [0.1, 0.15) is 175 Å². The summed E-state index contributed by atoms with van der Waals surface area (Å²) in [5.74, 6) is -0.0671. The van der Waals surface area contributed by atoms with Crippen molar-refractivity contribution in [2.24, 2.45) is 0 Å². The summed E-state index contributed by atoms with van der Waals surface area (Å²) >= 11 is 0. The van der Waals surface area contributed by atoms with E-state index in [2.05, 4.69) is 67.4 Å². The summed E-state index contributed by atoms with van der Waals surface area (Å²) in [6.07, 6.45) is 49.2. The van der Waals surface area contributed by atoms with Crippen LogP contribution in [0.15, 0.2) is 48.6 Å². The van der Waals surface area contributed by atoms with Crippen LogP contribution in [-0.4, -0.2) is 37.1 Å². The SMILES string of the molecule is CCCCC/C=C\C/C=C\CCCCCCCCN(CCCCCCCC/C=C\C/C=C\CCCCC)CC(=O)OCC. The third-order valence-corrected chi connectivity index (χ3v) is 8.01. The molecule has 0 aromatic carbocycles. The van der Waals surface area contributed by atoms with Crippen molar-refractivity contribution in [1.29, 1.82) is 0 Å². The van der Waals surface area contributed by atoms with Crippen molar-refractivity contribution < 1.29 is 9.53 Å². The predicted octanol–water partition coefficient (Wildman–Crippen LogP) is 12.5. The second-order valence-electron chi connectivity index (χ2n) is 12.2. The van der Waals surface area contributed by atoms with E-state index in [1.807, 2.05) is 6.92 Å². The number of allylic oxidation sites excluding steroid dienone is 8. The third-order valence-electron chi connectivity index (χ3n) is 8.01. The first-order valence-corrected chi connectivity index (χ1v) is 18.7. The van der Waals surface area contributed by atoms with E-state index in [-0.39, 0.29) is 5.97 Å². The molecule has 0 bridgehead atoms. The minimum atomic E-state index is -0.0671. The Labute approximate surface area is 269 Å². The number of hydrogen-bond acceptors (Lipinski definition) is 3. The summed E-state index contributed by atoms with van der Waals surface area (Å²) in [6, 6.07) is 0. The van der Waals surface area contributed by atoms with E-state index in [0.29, 0.717) is 13.2 Å². The van der Waals surface area contributed by atoms with Gasteiger partial charge in [-0.2, -0.15) is 0 Å². The highest BCUT2D eigenvalue weighted by atomic mass is 16.5. The van der Waals surface area contributed by atoms with Crippen LogP contribution in [0.3, 0.4) is 0 Å². The second kappa shape index (κ2) is 36.6. The smallest absolute Gasteiger partial charge is 0.320 e. The van der Waals surface area contributed by atoms with E-state index < -0.39 is 0 Å². The van der Waals surface area contributed by atoms with Gasteiger partial charge in [0.25, 0.3) is 0 Å². The van der Waals surface area contributed by atoms with Crippen molar-refractivity contribution in [3.63, 3.8) is 0 Å². The molecule has 0 aliphatic carbocycles. The standard InChI is InChI=1S/C40H73NO2/c1-4-7-9-11-13-15-17-19-21-23-25-27-29-31-33-35-37-41(39-40(42)43-6-3)38-36-34-32-30-28-26-24-22-20-18-16-14-12-10-8-5-2/h13-16,19-22H,4-12,17-18,23-39H2,1-3H3/b15-13-,16-14-,21-19-,22-20-. The molecule has 3 heteroatoms. The molecule has 43 heavy (non-hydrogen) atoms. The van der Waals surface area contributed by atoms with Crippen molar-refractivity contribution in [2.45, 2.75) is 175 Å². The van der Waals surface area contributed by atoms with Crippen molar-refractivity contribution >= 4 is 5.97 Å². The minimum absolute atomic E-state index is 0.0671. The fraction of sp³-hybridized carbons (Fsp3) is 0.775. The van der Waals surface area contributed by atoms with Gasteiger partial charge in [-0.3, -0.25) is 9.69 Å². The maximum atomic E-state index is 12.1. The van der Waals surface area contributed by atoms with Crippen LogP contribution in [0.2, 0.25) is 0 Å². The lowest BCUT2D eigenvalue weighted by Crippen LogP contribution is -2.32. The molecule has 0 aliphatic rings. The minimum Gasteiger partial charge on any atom is -0.465 e. The average molecular weight is 600 g/mol. The van der Waals surface area contributed by atoms with E-state index in [4.69, 9.17) is 4.74 Å². The summed E-state index contributed by atoms with van der Waals surface area (Å²) in [6.45, 7) is 9.39. The molecule has 0 heterocycles. The van der Waals surface area contributed by atoms with E-state index >= 15 is 0 Å². The molecule has 0 aliphatic heterocycles. The molecular weight excluding hydrogens is 526 g/mol. The Hall–Kier alpha value is -1.61. The van der Waals surface area contributed by atoms with E-state index in [1.54, 1.807) is 0 Å². The van der Waals surface area contributed by atoms with Gasteiger partial charge >= 0.3 is 5.97 Å². The molecule has 0 unspecified atom stereocenters. The first-order valence-electron chi connectivity index (χ1n) is 18.7. The highest BCUT2D eigenvalue weighted by Crippen LogP contribution is 2.11. The highest BCUT2D eigenvalue weighted by Gasteiger charge is 2.11. The molecule has 0 atom stereocenters. The molecule has 0 aromatic rings.